The summed E-state index contributed by atoms with van der Waals surface area (Å²) in [6.07, 6.45) is -1.88. The fourth-order valence-electron chi connectivity index (χ4n) is 2.39. The fraction of sp³-hybridized carbons (Fsp3) is 0.0667. The van der Waals surface area contributed by atoms with E-state index in [1.54, 1.807) is 18.2 Å². The molecule has 0 aliphatic rings. The molecule has 1 heterocycles. The molecule has 4 nitrogen and oxygen atoms in total. The summed E-state index contributed by atoms with van der Waals surface area (Å²) < 4.78 is 52.6. The van der Waals surface area contributed by atoms with Gasteiger partial charge in [0.1, 0.15) is 0 Å². The van der Waals surface area contributed by atoms with Gasteiger partial charge in [0.05, 0.1) is 10.4 Å². The van der Waals surface area contributed by atoms with E-state index in [0.717, 1.165) is 10.2 Å². The quantitative estimate of drug-likeness (QED) is 0.752. The number of nitrogens with zero attached hydrogens (tertiary/aromatic N) is 1. The lowest BCUT2D eigenvalue weighted by Gasteiger charge is -2.07. The van der Waals surface area contributed by atoms with Crippen molar-refractivity contribution in [2.45, 2.75) is 11.3 Å². The second-order valence-electron chi connectivity index (χ2n) is 4.74. The molecule has 0 unspecified atom stereocenters. The van der Waals surface area contributed by atoms with Crippen LogP contribution >= 0.6 is 0 Å². The molecule has 0 aliphatic carbocycles. The molecular formula is C15H12F2N2O2S. The van der Waals surface area contributed by atoms with Gasteiger partial charge in [0.15, 0.2) is 0 Å². The highest BCUT2D eigenvalue weighted by atomic mass is 32.2. The van der Waals surface area contributed by atoms with Crippen LogP contribution in [0.1, 0.15) is 12.0 Å². The Kier molecular flexibility index (Phi) is 3.37. The van der Waals surface area contributed by atoms with Gasteiger partial charge in [0, 0.05) is 22.8 Å². The van der Waals surface area contributed by atoms with Crippen LogP contribution in [-0.2, 0) is 10.0 Å². The summed E-state index contributed by atoms with van der Waals surface area (Å²) in [6.45, 7) is 0. The molecule has 2 aromatic carbocycles. The number of nitrogens with two attached hydrogens (primary N) is 1. The predicted molar refractivity (Wildman–Crippen MR) is 80.3 cm³/mol. The van der Waals surface area contributed by atoms with Crippen LogP contribution in [0.25, 0.3) is 10.9 Å². The van der Waals surface area contributed by atoms with E-state index in [4.69, 9.17) is 5.73 Å². The molecule has 0 aliphatic heterocycles. The highest BCUT2D eigenvalue weighted by Crippen LogP contribution is 2.35. The Morgan fingerprint density at radius 1 is 1.00 bits per heavy atom. The topological polar surface area (TPSA) is 65.1 Å². The number of rotatable bonds is 3. The minimum atomic E-state index is -3.97. The SMILES string of the molecule is Nc1cccc2c1c(C(F)F)cn2S(=O)(=O)c1ccccc1. The molecule has 0 saturated heterocycles. The summed E-state index contributed by atoms with van der Waals surface area (Å²) >= 11 is 0. The van der Waals surface area contributed by atoms with Crippen LogP contribution in [0.3, 0.4) is 0 Å². The standard InChI is InChI=1S/C15H12F2N2O2S/c16-15(17)11-9-19(13-8-4-7-12(18)14(11)13)22(20,21)10-5-2-1-3-6-10/h1-9,15H,18H2. The molecule has 7 heteroatoms. The summed E-state index contributed by atoms with van der Waals surface area (Å²) in [6, 6.07) is 12.1. The number of halogens is 2. The Hall–Kier alpha value is -2.41. The Labute approximate surface area is 125 Å². The van der Waals surface area contributed by atoms with Crippen molar-refractivity contribution in [3.8, 4) is 0 Å². The fourth-order valence-corrected chi connectivity index (χ4v) is 3.78. The number of aromatic nitrogens is 1. The molecule has 2 N–H and O–H groups in total. The molecule has 0 spiro atoms. The molecule has 0 atom stereocenters. The first kappa shape index (κ1) is 14.5. The van der Waals surface area contributed by atoms with Gasteiger partial charge in [-0.05, 0) is 24.3 Å². The highest BCUT2D eigenvalue weighted by Gasteiger charge is 2.25. The Morgan fingerprint density at radius 3 is 2.32 bits per heavy atom. The normalized spacial score (nSPS) is 12.1. The first-order valence-electron chi connectivity index (χ1n) is 6.41. The van der Waals surface area contributed by atoms with Crippen LogP contribution in [0.15, 0.2) is 59.6 Å². The van der Waals surface area contributed by atoms with Gasteiger partial charge >= 0.3 is 0 Å². The molecule has 0 fully saturated rings. The van der Waals surface area contributed by atoms with Gasteiger partial charge in [-0.15, -0.1) is 0 Å². The average molecular weight is 322 g/mol. The number of hydrogen-bond donors (Lipinski definition) is 1. The van der Waals surface area contributed by atoms with Crippen LogP contribution < -0.4 is 5.73 Å². The first-order chi connectivity index (χ1) is 10.4. The van der Waals surface area contributed by atoms with E-state index in [0.29, 0.717) is 0 Å². The van der Waals surface area contributed by atoms with Crippen molar-refractivity contribution in [2.75, 3.05) is 5.73 Å². The van der Waals surface area contributed by atoms with Crippen LogP contribution in [0.5, 0.6) is 0 Å². The predicted octanol–water partition coefficient (Wildman–Crippen LogP) is 3.40. The molecule has 114 valence electrons. The summed E-state index contributed by atoms with van der Waals surface area (Å²) in [7, 11) is -3.97. The van der Waals surface area contributed by atoms with Crippen molar-refractivity contribution in [3.63, 3.8) is 0 Å². The van der Waals surface area contributed by atoms with Crippen LogP contribution in [0, 0.1) is 0 Å². The maximum absolute atomic E-state index is 13.2. The smallest absolute Gasteiger partial charge is 0.268 e. The van der Waals surface area contributed by atoms with Crippen LogP contribution in [0.2, 0.25) is 0 Å². The summed E-state index contributed by atoms with van der Waals surface area (Å²) in [5.74, 6) is 0. The zero-order valence-electron chi connectivity index (χ0n) is 11.3. The summed E-state index contributed by atoms with van der Waals surface area (Å²) in [5.41, 5.74) is 5.61. The molecule has 3 rings (SSSR count). The number of hydrogen-bond acceptors (Lipinski definition) is 3. The van der Waals surface area contributed by atoms with Crippen LogP contribution in [-0.4, -0.2) is 12.4 Å². The van der Waals surface area contributed by atoms with E-state index >= 15 is 0 Å². The lowest BCUT2D eigenvalue weighted by atomic mass is 10.1. The molecular weight excluding hydrogens is 310 g/mol. The van der Waals surface area contributed by atoms with E-state index in [1.165, 1.54) is 30.3 Å². The lowest BCUT2D eigenvalue weighted by molar-refractivity contribution is 0.153. The Morgan fingerprint density at radius 2 is 1.68 bits per heavy atom. The Balaban J connectivity index is 2.36. The van der Waals surface area contributed by atoms with Crippen molar-refractivity contribution in [1.29, 1.82) is 0 Å². The molecule has 0 radical (unpaired) electrons. The largest absolute Gasteiger partial charge is 0.398 e. The van der Waals surface area contributed by atoms with Crippen molar-refractivity contribution < 1.29 is 17.2 Å². The number of fused-ring (bicyclic) bond motifs is 1. The van der Waals surface area contributed by atoms with Gasteiger partial charge in [-0.2, -0.15) is 0 Å². The first-order valence-corrected chi connectivity index (χ1v) is 7.85. The molecule has 22 heavy (non-hydrogen) atoms. The molecule has 0 amide bonds. The minimum Gasteiger partial charge on any atom is -0.398 e. The van der Waals surface area contributed by atoms with Crippen molar-refractivity contribution in [3.05, 3.63) is 60.3 Å². The van der Waals surface area contributed by atoms with Gasteiger partial charge in [-0.25, -0.2) is 21.2 Å². The van der Waals surface area contributed by atoms with Gasteiger partial charge in [-0.3, -0.25) is 0 Å². The van der Waals surface area contributed by atoms with E-state index in [1.807, 2.05) is 0 Å². The molecule has 1 aromatic heterocycles. The van der Waals surface area contributed by atoms with Crippen LogP contribution in [0.4, 0.5) is 14.5 Å². The van der Waals surface area contributed by atoms with E-state index in [2.05, 4.69) is 0 Å². The number of anilines is 1. The van der Waals surface area contributed by atoms with Crippen molar-refractivity contribution in [1.82, 2.24) is 3.97 Å². The van der Waals surface area contributed by atoms with Crippen molar-refractivity contribution >= 4 is 26.6 Å². The third-order valence-corrected chi connectivity index (χ3v) is 5.08. The average Bonchev–Trinajstić information content (AvgIpc) is 2.90. The molecule has 3 aromatic rings. The summed E-state index contributed by atoms with van der Waals surface area (Å²) in [4.78, 5) is 0.0233. The molecule has 0 saturated carbocycles. The van der Waals surface area contributed by atoms with E-state index < -0.39 is 22.0 Å². The third kappa shape index (κ3) is 2.14. The number of nitrogen functional groups attached to an aromatic ring is 1. The molecule has 0 bridgehead atoms. The van der Waals surface area contributed by atoms with Gasteiger partial charge in [0.25, 0.3) is 16.4 Å². The maximum Gasteiger partial charge on any atom is 0.268 e. The van der Waals surface area contributed by atoms with Gasteiger partial charge in [-0.1, -0.05) is 24.3 Å². The number of benzene rings is 2. The lowest BCUT2D eigenvalue weighted by Crippen LogP contribution is -2.11. The maximum atomic E-state index is 13.2. The zero-order chi connectivity index (χ0) is 15.9. The monoisotopic (exact) mass is 322 g/mol. The third-order valence-electron chi connectivity index (χ3n) is 3.39. The minimum absolute atomic E-state index is 0.0233. The van der Waals surface area contributed by atoms with Gasteiger partial charge < -0.3 is 5.73 Å². The van der Waals surface area contributed by atoms with Crippen molar-refractivity contribution in [2.24, 2.45) is 0 Å². The highest BCUT2D eigenvalue weighted by molar-refractivity contribution is 7.90. The second-order valence-corrected chi connectivity index (χ2v) is 6.56. The van der Waals surface area contributed by atoms with E-state index in [9.17, 15) is 17.2 Å². The summed E-state index contributed by atoms with van der Waals surface area (Å²) in [5, 5.41) is 0.0667. The van der Waals surface area contributed by atoms with Gasteiger partial charge in [0.2, 0.25) is 0 Å². The zero-order valence-corrected chi connectivity index (χ0v) is 12.1. The second kappa shape index (κ2) is 5.10. The Bertz CT molecular complexity index is 935. The van der Waals surface area contributed by atoms with E-state index in [-0.39, 0.29) is 21.5 Å². The number of alkyl halides is 2.